The van der Waals surface area contributed by atoms with Crippen LogP contribution in [0.1, 0.15) is 23.5 Å². The standard InChI is InChI=1S/C9H7BrO3/c10-5-1-2-6-7(3-5)9(12)13-8(6)4-11/h1-4,8-9,12H. The molecule has 0 aliphatic carbocycles. The zero-order chi connectivity index (χ0) is 9.42. The molecule has 0 radical (unpaired) electrons. The molecule has 13 heavy (non-hydrogen) atoms. The Morgan fingerprint density at radius 1 is 1.46 bits per heavy atom. The van der Waals surface area contributed by atoms with E-state index in [4.69, 9.17) is 4.74 Å². The summed E-state index contributed by atoms with van der Waals surface area (Å²) in [6, 6.07) is 5.34. The molecule has 4 heteroatoms. The number of benzene rings is 1. The number of hydrogen-bond acceptors (Lipinski definition) is 3. The van der Waals surface area contributed by atoms with Crippen LogP contribution in [0.2, 0.25) is 0 Å². The van der Waals surface area contributed by atoms with Crippen LogP contribution in [0, 0.1) is 0 Å². The van der Waals surface area contributed by atoms with E-state index in [1.165, 1.54) is 0 Å². The second kappa shape index (κ2) is 3.21. The average molecular weight is 243 g/mol. The Morgan fingerprint density at radius 2 is 2.23 bits per heavy atom. The van der Waals surface area contributed by atoms with E-state index in [2.05, 4.69) is 15.9 Å². The lowest BCUT2D eigenvalue weighted by Gasteiger charge is -2.01. The van der Waals surface area contributed by atoms with Gasteiger partial charge in [0.25, 0.3) is 0 Å². The van der Waals surface area contributed by atoms with Gasteiger partial charge in [-0.1, -0.05) is 22.0 Å². The minimum atomic E-state index is -0.984. The van der Waals surface area contributed by atoms with Crippen LogP contribution in [0.5, 0.6) is 0 Å². The topological polar surface area (TPSA) is 46.5 Å². The van der Waals surface area contributed by atoms with Gasteiger partial charge in [-0.25, -0.2) is 0 Å². The van der Waals surface area contributed by atoms with Crippen LogP contribution in [0.4, 0.5) is 0 Å². The number of carbonyl (C=O) groups is 1. The van der Waals surface area contributed by atoms with Gasteiger partial charge >= 0.3 is 0 Å². The molecule has 2 unspecified atom stereocenters. The molecule has 0 fully saturated rings. The summed E-state index contributed by atoms with van der Waals surface area (Å²) in [6.07, 6.45) is -0.927. The van der Waals surface area contributed by atoms with Crippen molar-refractivity contribution in [2.45, 2.75) is 12.4 Å². The lowest BCUT2D eigenvalue weighted by molar-refractivity contribution is -0.141. The Kier molecular flexibility index (Phi) is 2.19. The van der Waals surface area contributed by atoms with Gasteiger partial charge in [-0.05, 0) is 17.7 Å². The molecule has 3 nitrogen and oxygen atoms in total. The summed E-state index contributed by atoms with van der Waals surface area (Å²) in [5.41, 5.74) is 1.40. The highest BCUT2D eigenvalue weighted by Gasteiger charge is 2.29. The number of halogens is 1. The lowest BCUT2D eigenvalue weighted by atomic mass is 10.1. The Hall–Kier alpha value is -0.710. The first kappa shape index (κ1) is 8.87. The van der Waals surface area contributed by atoms with Crippen LogP contribution in [0.3, 0.4) is 0 Å². The fourth-order valence-electron chi connectivity index (χ4n) is 1.41. The number of aliphatic hydroxyl groups is 1. The summed E-state index contributed by atoms with van der Waals surface area (Å²) in [7, 11) is 0. The molecule has 1 N–H and O–H groups in total. The van der Waals surface area contributed by atoms with E-state index < -0.39 is 12.4 Å². The van der Waals surface area contributed by atoms with Gasteiger partial charge in [0.15, 0.2) is 12.6 Å². The van der Waals surface area contributed by atoms with Crippen molar-refractivity contribution in [1.29, 1.82) is 0 Å². The monoisotopic (exact) mass is 242 g/mol. The summed E-state index contributed by atoms with van der Waals surface area (Å²) in [5.74, 6) is 0. The van der Waals surface area contributed by atoms with Crippen molar-refractivity contribution in [1.82, 2.24) is 0 Å². The molecule has 1 aliphatic rings. The van der Waals surface area contributed by atoms with E-state index in [0.29, 0.717) is 11.8 Å². The molecule has 1 heterocycles. The summed E-state index contributed by atoms with van der Waals surface area (Å²) in [4.78, 5) is 10.6. The van der Waals surface area contributed by atoms with Crippen molar-refractivity contribution in [2.24, 2.45) is 0 Å². The minimum Gasteiger partial charge on any atom is -0.364 e. The van der Waals surface area contributed by atoms with Gasteiger partial charge in [0, 0.05) is 10.0 Å². The molecule has 0 spiro atoms. The number of carbonyl (C=O) groups excluding carboxylic acids is 1. The number of hydrogen-bond donors (Lipinski definition) is 1. The smallest absolute Gasteiger partial charge is 0.182 e. The Morgan fingerprint density at radius 3 is 2.92 bits per heavy atom. The van der Waals surface area contributed by atoms with Crippen molar-refractivity contribution in [3.05, 3.63) is 33.8 Å². The molecule has 0 aromatic heterocycles. The van der Waals surface area contributed by atoms with Crippen molar-refractivity contribution in [3.63, 3.8) is 0 Å². The van der Waals surface area contributed by atoms with Crippen molar-refractivity contribution in [3.8, 4) is 0 Å². The summed E-state index contributed by atoms with van der Waals surface area (Å²) in [5, 5.41) is 9.41. The molecule has 0 amide bonds. The number of aldehydes is 1. The lowest BCUT2D eigenvalue weighted by Crippen LogP contribution is -1.97. The fraction of sp³-hybridized carbons (Fsp3) is 0.222. The van der Waals surface area contributed by atoms with Crippen molar-refractivity contribution < 1.29 is 14.6 Å². The van der Waals surface area contributed by atoms with E-state index in [-0.39, 0.29) is 0 Å². The SMILES string of the molecule is O=CC1OC(O)c2cc(Br)ccc21. The van der Waals surface area contributed by atoms with Crippen LogP contribution in [-0.4, -0.2) is 11.4 Å². The maximum Gasteiger partial charge on any atom is 0.182 e. The summed E-state index contributed by atoms with van der Waals surface area (Å²) in [6.45, 7) is 0. The van der Waals surface area contributed by atoms with Gasteiger partial charge in [0.1, 0.15) is 6.10 Å². The number of ether oxygens (including phenoxy) is 1. The van der Waals surface area contributed by atoms with E-state index in [0.717, 1.165) is 10.0 Å². The highest BCUT2D eigenvalue weighted by atomic mass is 79.9. The molecule has 0 saturated carbocycles. The quantitative estimate of drug-likeness (QED) is 0.763. The zero-order valence-electron chi connectivity index (χ0n) is 6.61. The molecule has 68 valence electrons. The van der Waals surface area contributed by atoms with Gasteiger partial charge in [-0.3, -0.25) is 0 Å². The van der Waals surface area contributed by atoms with Crippen molar-refractivity contribution >= 4 is 22.2 Å². The van der Waals surface area contributed by atoms with E-state index in [1.54, 1.807) is 12.1 Å². The normalized spacial score (nSPS) is 25.7. The van der Waals surface area contributed by atoms with E-state index >= 15 is 0 Å². The van der Waals surface area contributed by atoms with Gasteiger partial charge in [-0.2, -0.15) is 0 Å². The molecule has 1 aromatic rings. The summed E-state index contributed by atoms with van der Waals surface area (Å²) >= 11 is 3.28. The second-order valence-corrected chi connectivity index (χ2v) is 3.73. The third-order valence-electron chi connectivity index (χ3n) is 2.02. The van der Waals surface area contributed by atoms with Crippen LogP contribution in [-0.2, 0) is 9.53 Å². The largest absolute Gasteiger partial charge is 0.364 e. The zero-order valence-corrected chi connectivity index (χ0v) is 8.19. The molecule has 2 rings (SSSR count). The molecule has 0 saturated heterocycles. The number of rotatable bonds is 1. The third kappa shape index (κ3) is 1.41. The van der Waals surface area contributed by atoms with Crippen molar-refractivity contribution in [2.75, 3.05) is 0 Å². The molecule has 1 aromatic carbocycles. The first-order valence-corrected chi connectivity index (χ1v) is 4.60. The Bertz CT molecular complexity index is 351. The number of aliphatic hydroxyl groups excluding tert-OH is 1. The Labute approximate surface area is 83.5 Å². The van der Waals surface area contributed by atoms with Crippen LogP contribution in [0.15, 0.2) is 22.7 Å². The minimum absolute atomic E-state index is 0.627. The maximum atomic E-state index is 10.6. The van der Waals surface area contributed by atoms with Crippen LogP contribution >= 0.6 is 15.9 Å². The van der Waals surface area contributed by atoms with Gasteiger partial charge in [0.05, 0.1) is 0 Å². The second-order valence-electron chi connectivity index (χ2n) is 2.82. The summed E-state index contributed by atoms with van der Waals surface area (Å²) < 4.78 is 5.86. The van der Waals surface area contributed by atoms with Gasteiger partial charge in [-0.15, -0.1) is 0 Å². The molecular weight excluding hydrogens is 236 g/mol. The molecule has 1 aliphatic heterocycles. The first-order valence-electron chi connectivity index (χ1n) is 3.80. The van der Waals surface area contributed by atoms with E-state index in [1.807, 2.05) is 6.07 Å². The molecule has 0 bridgehead atoms. The first-order chi connectivity index (χ1) is 6.22. The van der Waals surface area contributed by atoms with Gasteiger partial charge < -0.3 is 14.6 Å². The fourth-order valence-corrected chi connectivity index (χ4v) is 1.79. The number of fused-ring (bicyclic) bond motifs is 1. The third-order valence-corrected chi connectivity index (χ3v) is 2.51. The van der Waals surface area contributed by atoms with Crippen LogP contribution in [0.25, 0.3) is 0 Å². The van der Waals surface area contributed by atoms with Gasteiger partial charge in [0.2, 0.25) is 0 Å². The molecule has 2 atom stereocenters. The predicted octanol–water partition coefficient (Wildman–Crippen LogP) is 1.71. The Balaban J connectivity index is 2.51. The average Bonchev–Trinajstić information content (AvgIpc) is 2.43. The predicted molar refractivity (Wildman–Crippen MR) is 49.0 cm³/mol. The maximum absolute atomic E-state index is 10.6. The highest BCUT2D eigenvalue weighted by molar-refractivity contribution is 9.10. The highest BCUT2D eigenvalue weighted by Crippen LogP contribution is 2.37. The molecular formula is C9H7BrO3. The van der Waals surface area contributed by atoms with E-state index in [9.17, 15) is 9.90 Å². The van der Waals surface area contributed by atoms with Crippen LogP contribution < -0.4 is 0 Å².